The van der Waals surface area contributed by atoms with Crippen LogP contribution in [0.15, 0.2) is 43.0 Å². The summed E-state index contributed by atoms with van der Waals surface area (Å²) in [7, 11) is 3.63. The molecule has 4 rings (SSSR count). The van der Waals surface area contributed by atoms with Crippen molar-refractivity contribution in [2.75, 3.05) is 26.7 Å². The Balaban J connectivity index is 1.32. The van der Waals surface area contributed by atoms with Crippen molar-refractivity contribution in [3.05, 3.63) is 54.2 Å². The minimum atomic E-state index is -1.09. The smallest absolute Gasteiger partial charge is 0.303 e. The van der Waals surface area contributed by atoms with Gasteiger partial charge in [0.2, 0.25) is 0 Å². The van der Waals surface area contributed by atoms with Crippen LogP contribution in [0.1, 0.15) is 62.4 Å². The molecule has 200 valence electrons. The highest BCUT2D eigenvalue weighted by Gasteiger charge is 2.30. The van der Waals surface area contributed by atoms with Gasteiger partial charge in [0.1, 0.15) is 11.9 Å². The highest BCUT2D eigenvalue weighted by atomic mass is 19.1. The standard InChI is InChI=1S/C29H39FN4O3/c1-33-20-31-18-23(33)5-3-4-15-34-16-13-21(22(19-34)7-11-29(35)36)6-9-27(30)25-12-14-32-28-10-8-24(37-2)17-26(25)28/h8,10,12,14,17-18,20-22,27H,3-7,9,11,13,15-16,19H2,1-2H3,(H,35,36)/t21-,22+,27?/m1/s1. The number of carbonyl (C=O) groups is 1. The van der Waals surface area contributed by atoms with E-state index >= 15 is 4.39 Å². The number of aliphatic carboxylic acids is 1. The predicted octanol–water partition coefficient (Wildman–Crippen LogP) is 5.59. The highest BCUT2D eigenvalue weighted by Crippen LogP contribution is 2.36. The first-order chi connectivity index (χ1) is 17.9. The zero-order chi connectivity index (χ0) is 26.2. The van der Waals surface area contributed by atoms with Crippen LogP contribution in [-0.2, 0) is 18.3 Å². The number of alkyl halides is 1. The largest absolute Gasteiger partial charge is 0.497 e. The summed E-state index contributed by atoms with van der Waals surface area (Å²) in [6, 6.07) is 7.32. The van der Waals surface area contributed by atoms with Crippen molar-refractivity contribution in [3.63, 3.8) is 0 Å². The fourth-order valence-electron chi connectivity index (χ4n) is 5.70. The number of ether oxygens (including phenoxy) is 1. The van der Waals surface area contributed by atoms with Gasteiger partial charge >= 0.3 is 5.97 Å². The number of hydrogen-bond donors (Lipinski definition) is 1. The third-order valence-electron chi connectivity index (χ3n) is 7.89. The monoisotopic (exact) mass is 510 g/mol. The molecule has 1 aliphatic heterocycles. The second-order valence-corrected chi connectivity index (χ2v) is 10.3. The maximum atomic E-state index is 15.5. The molecule has 0 saturated carbocycles. The van der Waals surface area contributed by atoms with Gasteiger partial charge in [0, 0.05) is 43.5 Å². The van der Waals surface area contributed by atoms with E-state index in [0.29, 0.717) is 30.1 Å². The topological polar surface area (TPSA) is 80.5 Å². The third-order valence-corrected chi connectivity index (χ3v) is 7.89. The van der Waals surface area contributed by atoms with Crippen LogP contribution in [0.2, 0.25) is 0 Å². The third kappa shape index (κ3) is 7.28. The lowest BCUT2D eigenvalue weighted by Crippen LogP contribution is -2.41. The summed E-state index contributed by atoms with van der Waals surface area (Å²) in [6.45, 7) is 2.91. The van der Waals surface area contributed by atoms with Gasteiger partial charge in [-0.1, -0.05) is 0 Å². The molecular formula is C29H39FN4O3. The minimum absolute atomic E-state index is 0.170. The van der Waals surface area contributed by atoms with Crippen molar-refractivity contribution in [2.45, 2.75) is 57.5 Å². The van der Waals surface area contributed by atoms with Crippen molar-refractivity contribution in [1.29, 1.82) is 0 Å². The molecule has 0 aliphatic carbocycles. The molecule has 1 aliphatic rings. The Morgan fingerprint density at radius 3 is 2.86 bits per heavy atom. The van der Waals surface area contributed by atoms with E-state index in [0.717, 1.165) is 62.6 Å². The molecule has 37 heavy (non-hydrogen) atoms. The Kier molecular flexibility index (Phi) is 9.50. The molecule has 1 aromatic carbocycles. The Bertz CT molecular complexity index is 1170. The number of methoxy groups -OCH3 is 1. The molecule has 3 atom stereocenters. The van der Waals surface area contributed by atoms with Gasteiger partial charge < -0.3 is 19.3 Å². The number of hydrogen-bond acceptors (Lipinski definition) is 5. The first-order valence-corrected chi connectivity index (χ1v) is 13.4. The fraction of sp³-hybridized carbons (Fsp3) is 0.552. The van der Waals surface area contributed by atoms with Gasteiger partial charge in [0.25, 0.3) is 0 Å². The highest BCUT2D eigenvalue weighted by molar-refractivity contribution is 5.83. The van der Waals surface area contributed by atoms with E-state index in [9.17, 15) is 9.90 Å². The molecule has 1 fully saturated rings. The molecule has 0 spiro atoms. The average molecular weight is 511 g/mol. The Hall–Kier alpha value is -3.00. The normalized spacial score (nSPS) is 19.2. The average Bonchev–Trinajstić information content (AvgIpc) is 3.32. The van der Waals surface area contributed by atoms with Crippen molar-refractivity contribution in [3.8, 4) is 5.75 Å². The predicted molar refractivity (Wildman–Crippen MR) is 142 cm³/mol. The first-order valence-electron chi connectivity index (χ1n) is 13.4. The number of nitrogens with zero attached hydrogens (tertiary/aromatic N) is 4. The number of piperidine rings is 1. The SMILES string of the molecule is COc1ccc2nccc(C(F)CC[C@@H]3CCN(CCCCc4cncn4C)C[C@@H]3CCC(=O)O)c2c1. The fourth-order valence-corrected chi connectivity index (χ4v) is 5.70. The van der Waals surface area contributed by atoms with E-state index in [1.807, 2.05) is 37.8 Å². The zero-order valence-electron chi connectivity index (χ0n) is 22.0. The Morgan fingerprint density at radius 2 is 2.11 bits per heavy atom. The number of benzene rings is 1. The summed E-state index contributed by atoms with van der Waals surface area (Å²) >= 11 is 0. The lowest BCUT2D eigenvalue weighted by molar-refractivity contribution is -0.137. The van der Waals surface area contributed by atoms with Crippen LogP contribution < -0.4 is 4.74 Å². The van der Waals surface area contributed by atoms with Crippen LogP contribution in [0.3, 0.4) is 0 Å². The van der Waals surface area contributed by atoms with Crippen LogP contribution in [0.25, 0.3) is 10.9 Å². The van der Waals surface area contributed by atoms with Crippen molar-refractivity contribution >= 4 is 16.9 Å². The molecule has 1 unspecified atom stereocenters. The lowest BCUT2D eigenvalue weighted by atomic mass is 9.79. The Labute approximate surface area is 218 Å². The summed E-state index contributed by atoms with van der Waals surface area (Å²) < 4.78 is 22.9. The van der Waals surface area contributed by atoms with Gasteiger partial charge in [-0.3, -0.25) is 9.78 Å². The minimum Gasteiger partial charge on any atom is -0.497 e. The molecule has 3 heterocycles. The van der Waals surface area contributed by atoms with Crippen LogP contribution >= 0.6 is 0 Å². The number of fused-ring (bicyclic) bond motifs is 1. The second-order valence-electron chi connectivity index (χ2n) is 10.3. The van der Waals surface area contributed by atoms with Gasteiger partial charge in [-0.2, -0.15) is 0 Å². The van der Waals surface area contributed by atoms with Crippen molar-refractivity contribution in [2.24, 2.45) is 18.9 Å². The number of aryl methyl sites for hydroxylation is 2. The van der Waals surface area contributed by atoms with Gasteiger partial charge in [-0.25, -0.2) is 9.37 Å². The van der Waals surface area contributed by atoms with Gasteiger partial charge in [0.05, 0.1) is 19.0 Å². The molecule has 7 nitrogen and oxygen atoms in total. The maximum Gasteiger partial charge on any atom is 0.303 e. The molecule has 3 aromatic rings. The van der Waals surface area contributed by atoms with Crippen LogP contribution in [0, 0.1) is 11.8 Å². The summed E-state index contributed by atoms with van der Waals surface area (Å²) in [5, 5.41) is 10.1. The molecular weight excluding hydrogens is 471 g/mol. The van der Waals surface area contributed by atoms with E-state index in [-0.39, 0.29) is 12.3 Å². The van der Waals surface area contributed by atoms with Crippen LogP contribution in [-0.4, -0.2) is 57.3 Å². The first kappa shape index (κ1) is 27.0. The van der Waals surface area contributed by atoms with E-state index in [4.69, 9.17) is 4.74 Å². The number of unbranched alkanes of at least 4 members (excludes halogenated alkanes) is 1. The number of carboxylic acids is 1. The number of rotatable bonds is 13. The number of imidazole rings is 1. The van der Waals surface area contributed by atoms with Crippen LogP contribution in [0.4, 0.5) is 4.39 Å². The second kappa shape index (κ2) is 13.0. The molecule has 0 bridgehead atoms. The van der Waals surface area contributed by atoms with E-state index in [1.54, 1.807) is 19.4 Å². The van der Waals surface area contributed by atoms with E-state index in [2.05, 4.69) is 19.4 Å². The molecule has 1 N–H and O–H groups in total. The number of aromatic nitrogens is 3. The van der Waals surface area contributed by atoms with E-state index < -0.39 is 12.1 Å². The number of halogens is 1. The molecule has 1 saturated heterocycles. The maximum absolute atomic E-state index is 15.5. The van der Waals surface area contributed by atoms with Gasteiger partial charge in [-0.15, -0.1) is 0 Å². The summed E-state index contributed by atoms with van der Waals surface area (Å²) in [4.78, 5) is 22.3. The molecule has 0 amide bonds. The van der Waals surface area contributed by atoms with Crippen molar-refractivity contribution in [1.82, 2.24) is 19.4 Å². The number of pyridine rings is 1. The molecule has 8 heteroatoms. The van der Waals surface area contributed by atoms with Gasteiger partial charge in [0.15, 0.2) is 0 Å². The van der Waals surface area contributed by atoms with Gasteiger partial charge in [-0.05, 0) is 99.7 Å². The van der Waals surface area contributed by atoms with E-state index in [1.165, 1.54) is 5.69 Å². The number of carboxylic acid groups (broad SMARTS) is 1. The van der Waals surface area contributed by atoms with Crippen molar-refractivity contribution < 1.29 is 19.0 Å². The zero-order valence-corrected chi connectivity index (χ0v) is 22.0. The Morgan fingerprint density at radius 1 is 1.24 bits per heavy atom. The summed E-state index contributed by atoms with van der Waals surface area (Å²) in [6.07, 6.45) is 10.6. The van der Waals surface area contributed by atoms with Crippen LogP contribution in [0.5, 0.6) is 5.75 Å². The quantitative estimate of drug-likeness (QED) is 0.302. The molecule has 0 radical (unpaired) electrons. The summed E-state index contributed by atoms with van der Waals surface area (Å²) in [5.41, 5.74) is 2.66. The summed E-state index contributed by atoms with van der Waals surface area (Å²) in [5.74, 6) is 0.553. The number of likely N-dealkylation sites (tertiary alicyclic amines) is 1. The molecule has 2 aromatic heterocycles. The lowest BCUT2D eigenvalue weighted by Gasteiger charge is -2.39.